The van der Waals surface area contributed by atoms with Crippen molar-refractivity contribution in [1.29, 1.82) is 0 Å². The topological polar surface area (TPSA) is 102 Å². The highest BCUT2D eigenvalue weighted by Gasteiger charge is 2.10. The van der Waals surface area contributed by atoms with Crippen molar-refractivity contribution in [3.05, 3.63) is 18.2 Å². The highest BCUT2D eigenvalue weighted by atomic mass is 16.2. The first-order valence-corrected chi connectivity index (χ1v) is 5.94. The monoisotopic (exact) mass is 253 g/mol. The second-order valence-corrected chi connectivity index (χ2v) is 3.82. The minimum absolute atomic E-state index is 0.0391. The molecule has 2 amide bonds. The predicted octanol–water partition coefficient (Wildman–Crippen LogP) is -0.902. The molecule has 0 aliphatic heterocycles. The third-order valence-electron chi connectivity index (χ3n) is 2.23. The standard InChI is InChI=1S/C11H19N5O2/c1-2-4-13-10(17)6-14-11(18)9-7-16(5-3-12)8-15-9/h7-8H,2-6,12H2,1H3,(H,13,17)(H,14,18). The minimum atomic E-state index is -0.364. The van der Waals surface area contributed by atoms with Gasteiger partial charge in [-0.05, 0) is 6.42 Å². The summed E-state index contributed by atoms with van der Waals surface area (Å²) in [7, 11) is 0. The van der Waals surface area contributed by atoms with Crippen molar-refractivity contribution in [3.63, 3.8) is 0 Å². The number of amides is 2. The van der Waals surface area contributed by atoms with E-state index in [1.165, 1.54) is 0 Å². The Morgan fingerprint density at radius 2 is 2.22 bits per heavy atom. The van der Waals surface area contributed by atoms with Crippen LogP contribution in [0, 0.1) is 0 Å². The Balaban J connectivity index is 2.37. The van der Waals surface area contributed by atoms with E-state index in [0.29, 0.717) is 19.6 Å². The van der Waals surface area contributed by atoms with E-state index >= 15 is 0 Å². The maximum Gasteiger partial charge on any atom is 0.271 e. The minimum Gasteiger partial charge on any atom is -0.355 e. The molecule has 0 saturated heterocycles. The summed E-state index contributed by atoms with van der Waals surface area (Å²) >= 11 is 0. The first-order chi connectivity index (χ1) is 8.67. The van der Waals surface area contributed by atoms with Gasteiger partial charge in [0.05, 0.1) is 12.9 Å². The van der Waals surface area contributed by atoms with E-state index in [0.717, 1.165) is 6.42 Å². The van der Waals surface area contributed by atoms with Crippen LogP contribution in [0.1, 0.15) is 23.8 Å². The number of imidazole rings is 1. The van der Waals surface area contributed by atoms with Crippen LogP contribution in [0.3, 0.4) is 0 Å². The largest absolute Gasteiger partial charge is 0.355 e. The highest BCUT2D eigenvalue weighted by Crippen LogP contribution is 1.95. The third-order valence-corrected chi connectivity index (χ3v) is 2.23. The molecule has 1 aromatic rings. The molecule has 0 aliphatic rings. The molecular weight excluding hydrogens is 234 g/mol. The fourth-order valence-corrected chi connectivity index (χ4v) is 1.33. The Kier molecular flexibility index (Phi) is 5.86. The molecule has 7 heteroatoms. The van der Waals surface area contributed by atoms with Crippen LogP contribution in [-0.2, 0) is 11.3 Å². The molecule has 0 fully saturated rings. The molecule has 7 nitrogen and oxygen atoms in total. The summed E-state index contributed by atoms with van der Waals surface area (Å²) in [4.78, 5) is 26.9. The van der Waals surface area contributed by atoms with Gasteiger partial charge >= 0.3 is 0 Å². The summed E-state index contributed by atoms with van der Waals surface area (Å²) in [6.45, 7) is 3.62. The van der Waals surface area contributed by atoms with Gasteiger partial charge in [0.2, 0.25) is 5.91 Å². The second-order valence-electron chi connectivity index (χ2n) is 3.82. The van der Waals surface area contributed by atoms with Gasteiger partial charge in [0.15, 0.2) is 0 Å². The van der Waals surface area contributed by atoms with Crippen LogP contribution in [-0.4, -0.2) is 41.0 Å². The fourth-order valence-electron chi connectivity index (χ4n) is 1.33. The number of hydrogen-bond donors (Lipinski definition) is 3. The number of nitrogens with two attached hydrogens (primary N) is 1. The van der Waals surface area contributed by atoms with Crippen molar-refractivity contribution in [2.45, 2.75) is 19.9 Å². The smallest absolute Gasteiger partial charge is 0.271 e. The van der Waals surface area contributed by atoms with E-state index in [-0.39, 0.29) is 24.1 Å². The van der Waals surface area contributed by atoms with E-state index in [9.17, 15) is 9.59 Å². The number of nitrogens with zero attached hydrogens (tertiary/aromatic N) is 2. The highest BCUT2D eigenvalue weighted by molar-refractivity contribution is 5.94. The molecule has 0 aliphatic carbocycles. The summed E-state index contributed by atoms with van der Waals surface area (Å²) in [5.74, 6) is -0.566. The number of carbonyl (C=O) groups is 2. The summed E-state index contributed by atoms with van der Waals surface area (Å²) < 4.78 is 1.73. The molecule has 100 valence electrons. The summed E-state index contributed by atoms with van der Waals surface area (Å²) in [5.41, 5.74) is 5.67. The molecule has 1 rings (SSSR count). The van der Waals surface area contributed by atoms with Crippen molar-refractivity contribution < 1.29 is 9.59 Å². The number of aromatic nitrogens is 2. The first kappa shape index (κ1) is 14.2. The molecule has 0 unspecified atom stereocenters. The van der Waals surface area contributed by atoms with Gasteiger partial charge in [0.1, 0.15) is 5.69 Å². The lowest BCUT2D eigenvalue weighted by Crippen LogP contribution is -2.37. The van der Waals surface area contributed by atoms with Gasteiger partial charge in [-0.1, -0.05) is 6.92 Å². The van der Waals surface area contributed by atoms with Gasteiger partial charge in [-0.15, -0.1) is 0 Å². The van der Waals surface area contributed by atoms with Gasteiger partial charge in [-0.2, -0.15) is 0 Å². The Hall–Kier alpha value is -1.89. The van der Waals surface area contributed by atoms with Gasteiger partial charge in [0.25, 0.3) is 5.91 Å². The number of rotatable bonds is 7. The lowest BCUT2D eigenvalue weighted by molar-refractivity contribution is -0.120. The van der Waals surface area contributed by atoms with Crippen molar-refractivity contribution in [2.24, 2.45) is 5.73 Å². The maximum atomic E-state index is 11.6. The average molecular weight is 253 g/mol. The summed E-state index contributed by atoms with van der Waals surface area (Å²) in [6, 6.07) is 0. The zero-order chi connectivity index (χ0) is 13.4. The van der Waals surface area contributed by atoms with Crippen LogP contribution in [0.2, 0.25) is 0 Å². The zero-order valence-corrected chi connectivity index (χ0v) is 10.5. The molecule has 18 heavy (non-hydrogen) atoms. The van der Waals surface area contributed by atoms with Crippen molar-refractivity contribution in [3.8, 4) is 0 Å². The molecule has 0 atom stereocenters. The lowest BCUT2D eigenvalue weighted by atomic mass is 10.4. The number of carbonyl (C=O) groups excluding carboxylic acids is 2. The lowest BCUT2D eigenvalue weighted by Gasteiger charge is -2.04. The zero-order valence-electron chi connectivity index (χ0n) is 10.5. The Morgan fingerprint density at radius 3 is 2.89 bits per heavy atom. The van der Waals surface area contributed by atoms with E-state index in [2.05, 4.69) is 15.6 Å². The maximum absolute atomic E-state index is 11.6. The first-order valence-electron chi connectivity index (χ1n) is 5.94. The Labute approximate surface area is 106 Å². The van der Waals surface area contributed by atoms with Crippen LogP contribution < -0.4 is 16.4 Å². The van der Waals surface area contributed by atoms with E-state index in [1.54, 1.807) is 17.1 Å². The van der Waals surface area contributed by atoms with E-state index in [4.69, 9.17) is 5.73 Å². The fraction of sp³-hybridized carbons (Fsp3) is 0.545. The number of nitrogens with one attached hydrogen (secondary N) is 2. The van der Waals surface area contributed by atoms with Crippen LogP contribution >= 0.6 is 0 Å². The Morgan fingerprint density at radius 1 is 1.44 bits per heavy atom. The van der Waals surface area contributed by atoms with E-state index < -0.39 is 0 Å². The van der Waals surface area contributed by atoms with Crippen molar-refractivity contribution in [2.75, 3.05) is 19.6 Å². The predicted molar refractivity (Wildman–Crippen MR) is 66.9 cm³/mol. The molecule has 1 aromatic heterocycles. The van der Waals surface area contributed by atoms with Crippen LogP contribution in [0.15, 0.2) is 12.5 Å². The molecule has 1 heterocycles. The quantitative estimate of drug-likeness (QED) is 0.586. The molecule has 0 aromatic carbocycles. The van der Waals surface area contributed by atoms with Crippen molar-refractivity contribution >= 4 is 11.8 Å². The van der Waals surface area contributed by atoms with Gasteiger partial charge in [-0.3, -0.25) is 9.59 Å². The molecule has 0 bridgehead atoms. The Bertz CT molecular complexity index is 402. The van der Waals surface area contributed by atoms with Crippen LogP contribution in [0.5, 0.6) is 0 Å². The molecule has 0 saturated carbocycles. The second kappa shape index (κ2) is 7.44. The van der Waals surface area contributed by atoms with Gasteiger partial charge in [-0.25, -0.2) is 4.98 Å². The summed E-state index contributed by atoms with van der Waals surface area (Å²) in [6.07, 6.45) is 4.01. The van der Waals surface area contributed by atoms with Gasteiger partial charge < -0.3 is 20.9 Å². The van der Waals surface area contributed by atoms with Gasteiger partial charge in [0, 0.05) is 25.8 Å². The molecule has 4 N–H and O–H groups in total. The molecular formula is C11H19N5O2. The average Bonchev–Trinajstić information content (AvgIpc) is 2.82. The normalized spacial score (nSPS) is 10.1. The van der Waals surface area contributed by atoms with Crippen molar-refractivity contribution in [1.82, 2.24) is 20.2 Å². The van der Waals surface area contributed by atoms with E-state index in [1.807, 2.05) is 6.92 Å². The summed E-state index contributed by atoms with van der Waals surface area (Å²) in [5, 5.41) is 5.17. The van der Waals surface area contributed by atoms with Crippen LogP contribution in [0.4, 0.5) is 0 Å². The number of hydrogen-bond acceptors (Lipinski definition) is 4. The SMILES string of the molecule is CCCNC(=O)CNC(=O)c1cn(CCN)cn1. The van der Waals surface area contributed by atoms with Crippen LogP contribution in [0.25, 0.3) is 0 Å². The molecule has 0 radical (unpaired) electrons. The molecule has 0 spiro atoms. The third kappa shape index (κ3) is 4.54.